The average molecular weight is 429 g/mol. The predicted molar refractivity (Wildman–Crippen MR) is 106 cm³/mol. The van der Waals surface area contributed by atoms with Crippen molar-refractivity contribution in [1.29, 1.82) is 0 Å². The molecule has 0 bridgehead atoms. The first-order chi connectivity index (χ1) is 12.9. The maximum absolute atomic E-state index is 13.1. The summed E-state index contributed by atoms with van der Waals surface area (Å²) in [7, 11) is 0. The van der Waals surface area contributed by atoms with Crippen LogP contribution in [0.3, 0.4) is 0 Å². The molecule has 1 aromatic carbocycles. The van der Waals surface area contributed by atoms with Gasteiger partial charge in [0.2, 0.25) is 11.9 Å². The topological polar surface area (TPSA) is 89.4 Å². The average Bonchev–Trinajstić information content (AvgIpc) is 3.38. The Balaban J connectivity index is 1.60. The van der Waals surface area contributed by atoms with Crippen molar-refractivity contribution in [3.63, 3.8) is 0 Å². The van der Waals surface area contributed by atoms with Crippen LogP contribution in [0.25, 0.3) is 5.78 Å². The Kier molecular flexibility index (Phi) is 4.59. The van der Waals surface area contributed by atoms with E-state index in [1.807, 2.05) is 30.9 Å². The number of halogens is 1. The normalized spacial score (nSPS) is 13.9. The Labute approximate surface area is 165 Å². The van der Waals surface area contributed by atoms with Crippen LogP contribution < -0.4 is 5.73 Å². The number of carbonyl (C=O) groups is 1. The summed E-state index contributed by atoms with van der Waals surface area (Å²) in [5.41, 5.74) is 9.35. The lowest BCUT2D eigenvalue weighted by Gasteiger charge is -2.23. The number of hydrogen-bond acceptors (Lipinski definition) is 5. The van der Waals surface area contributed by atoms with Crippen molar-refractivity contribution < 1.29 is 4.79 Å². The second-order valence-electron chi connectivity index (χ2n) is 7.00. The van der Waals surface area contributed by atoms with E-state index in [0.29, 0.717) is 24.8 Å². The number of amides is 1. The molecule has 1 amide bonds. The van der Waals surface area contributed by atoms with E-state index in [1.165, 1.54) is 0 Å². The molecular formula is C19H21BrN6O. The number of nitrogens with zero attached hydrogens (tertiary/aromatic N) is 5. The van der Waals surface area contributed by atoms with E-state index in [-0.39, 0.29) is 11.9 Å². The van der Waals surface area contributed by atoms with Crippen molar-refractivity contribution in [2.75, 3.05) is 5.73 Å². The third kappa shape index (κ3) is 3.66. The number of aryl methyl sites for hydroxylation is 2. The van der Waals surface area contributed by atoms with Gasteiger partial charge in [0.25, 0.3) is 5.78 Å². The highest BCUT2D eigenvalue weighted by molar-refractivity contribution is 9.10. The molecule has 0 saturated heterocycles. The fraction of sp³-hybridized carbons (Fsp3) is 0.368. The zero-order valence-electron chi connectivity index (χ0n) is 15.3. The first kappa shape index (κ1) is 17.9. The molecule has 0 spiro atoms. The standard InChI is InChI=1S/C19H21BrN6O/c1-11-16(12(2)26-19(22-11)23-18(21)24-26)9-17(27)25(15-6-7-15)10-13-4-3-5-14(20)8-13/h3-5,8,15H,6-7,9-10H2,1-2H3,(H2,21,24). The molecule has 4 rings (SSSR count). The summed E-state index contributed by atoms with van der Waals surface area (Å²) in [5, 5.41) is 4.18. The summed E-state index contributed by atoms with van der Waals surface area (Å²) < 4.78 is 2.63. The quantitative estimate of drug-likeness (QED) is 0.674. The molecule has 0 unspecified atom stereocenters. The number of anilines is 1. The van der Waals surface area contributed by atoms with Gasteiger partial charge in [-0.15, -0.1) is 5.10 Å². The zero-order valence-corrected chi connectivity index (χ0v) is 16.9. The predicted octanol–water partition coefficient (Wildman–Crippen LogP) is 2.82. The minimum Gasteiger partial charge on any atom is -0.366 e. The van der Waals surface area contributed by atoms with E-state index in [4.69, 9.17) is 5.73 Å². The fourth-order valence-corrected chi connectivity index (χ4v) is 3.82. The maximum atomic E-state index is 13.1. The van der Waals surface area contributed by atoms with Crippen molar-refractivity contribution in [2.45, 2.75) is 45.7 Å². The highest BCUT2D eigenvalue weighted by Crippen LogP contribution is 2.30. The molecule has 1 saturated carbocycles. The van der Waals surface area contributed by atoms with Crippen LogP contribution in [0, 0.1) is 13.8 Å². The molecular weight excluding hydrogens is 408 g/mol. The molecule has 1 aliphatic rings. The number of nitrogen functional groups attached to an aromatic ring is 1. The SMILES string of the molecule is Cc1nc2nc(N)nn2c(C)c1CC(=O)N(Cc1cccc(Br)c1)C1CC1. The van der Waals surface area contributed by atoms with Crippen LogP contribution >= 0.6 is 15.9 Å². The number of fused-ring (bicyclic) bond motifs is 1. The molecule has 1 aliphatic carbocycles. The van der Waals surface area contributed by atoms with Crippen molar-refractivity contribution in [1.82, 2.24) is 24.5 Å². The van der Waals surface area contributed by atoms with Crippen molar-refractivity contribution >= 4 is 33.6 Å². The van der Waals surface area contributed by atoms with Crippen LogP contribution in [0.4, 0.5) is 5.95 Å². The van der Waals surface area contributed by atoms with Crippen LogP contribution in [-0.2, 0) is 17.8 Å². The van der Waals surface area contributed by atoms with Gasteiger partial charge in [0.05, 0.1) is 6.42 Å². The van der Waals surface area contributed by atoms with E-state index in [1.54, 1.807) is 4.52 Å². The first-order valence-electron chi connectivity index (χ1n) is 8.94. The molecule has 2 N–H and O–H groups in total. The van der Waals surface area contributed by atoms with Gasteiger partial charge in [-0.05, 0) is 44.4 Å². The summed E-state index contributed by atoms with van der Waals surface area (Å²) in [4.78, 5) is 23.7. The Morgan fingerprint density at radius 1 is 1.33 bits per heavy atom. The van der Waals surface area contributed by atoms with Crippen LogP contribution in [0.15, 0.2) is 28.7 Å². The van der Waals surface area contributed by atoms with Crippen LogP contribution in [-0.4, -0.2) is 36.4 Å². The van der Waals surface area contributed by atoms with E-state index in [9.17, 15) is 4.79 Å². The molecule has 140 valence electrons. The van der Waals surface area contributed by atoms with E-state index in [0.717, 1.165) is 39.8 Å². The lowest BCUT2D eigenvalue weighted by molar-refractivity contribution is -0.131. The smallest absolute Gasteiger partial charge is 0.254 e. The summed E-state index contributed by atoms with van der Waals surface area (Å²) in [6.45, 7) is 4.44. The van der Waals surface area contributed by atoms with Gasteiger partial charge in [-0.3, -0.25) is 4.79 Å². The second kappa shape index (κ2) is 6.92. The Bertz CT molecular complexity index is 1030. The Morgan fingerprint density at radius 2 is 2.11 bits per heavy atom. The molecule has 2 heterocycles. The van der Waals surface area contributed by atoms with Gasteiger partial charge in [0, 0.05) is 34.0 Å². The number of nitrogens with two attached hydrogens (primary N) is 1. The van der Waals surface area contributed by atoms with Gasteiger partial charge < -0.3 is 10.6 Å². The van der Waals surface area contributed by atoms with Gasteiger partial charge in [-0.25, -0.2) is 4.98 Å². The van der Waals surface area contributed by atoms with E-state index in [2.05, 4.69) is 43.1 Å². The third-order valence-corrected chi connectivity index (χ3v) is 5.44. The van der Waals surface area contributed by atoms with Crippen LogP contribution in [0.5, 0.6) is 0 Å². The minimum atomic E-state index is 0.109. The summed E-state index contributed by atoms with van der Waals surface area (Å²) >= 11 is 3.50. The third-order valence-electron chi connectivity index (χ3n) is 4.94. The summed E-state index contributed by atoms with van der Waals surface area (Å²) in [6, 6.07) is 8.43. The van der Waals surface area contributed by atoms with Crippen LogP contribution in [0.1, 0.15) is 35.4 Å². The molecule has 3 aromatic rings. The Morgan fingerprint density at radius 3 is 2.81 bits per heavy atom. The number of rotatable bonds is 5. The number of hydrogen-bond donors (Lipinski definition) is 1. The molecule has 0 aliphatic heterocycles. The molecule has 8 heteroatoms. The number of benzene rings is 1. The second-order valence-corrected chi connectivity index (χ2v) is 7.92. The van der Waals surface area contributed by atoms with E-state index >= 15 is 0 Å². The maximum Gasteiger partial charge on any atom is 0.254 e. The zero-order chi connectivity index (χ0) is 19.1. The lowest BCUT2D eigenvalue weighted by Crippen LogP contribution is -2.34. The molecule has 2 aromatic heterocycles. The fourth-order valence-electron chi connectivity index (χ4n) is 3.37. The summed E-state index contributed by atoms with van der Waals surface area (Å²) in [6.07, 6.45) is 2.42. The van der Waals surface area contributed by atoms with E-state index < -0.39 is 0 Å². The molecule has 7 nitrogen and oxygen atoms in total. The molecule has 1 fully saturated rings. The van der Waals surface area contributed by atoms with Gasteiger partial charge in [0.1, 0.15) is 0 Å². The minimum absolute atomic E-state index is 0.109. The highest BCUT2D eigenvalue weighted by atomic mass is 79.9. The largest absolute Gasteiger partial charge is 0.366 e. The number of carbonyl (C=O) groups excluding carboxylic acids is 1. The van der Waals surface area contributed by atoms with Crippen molar-refractivity contribution in [3.8, 4) is 0 Å². The monoisotopic (exact) mass is 428 g/mol. The van der Waals surface area contributed by atoms with Gasteiger partial charge in [-0.2, -0.15) is 9.50 Å². The van der Waals surface area contributed by atoms with Crippen molar-refractivity contribution in [3.05, 3.63) is 51.3 Å². The summed E-state index contributed by atoms with van der Waals surface area (Å²) in [5.74, 6) is 0.757. The molecule has 27 heavy (non-hydrogen) atoms. The van der Waals surface area contributed by atoms with Crippen molar-refractivity contribution in [2.24, 2.45) is 0 Å². The van der Waals surface area contributed by atoms with Gasteiger partial charge in [0.15, 0.2) is 0 Å². The first-order valence-corrected chi connectivity index (χ1v) is 9.74. The lowest BCUT2D eigenvalue weighted by atomic mass is 10.1. The van der Waals surface area contributed by atoms with Gasteiger partial charge in [-0.1, -0.05) is 28.1 Å². The van der Waals surface area contributed by atoms with Gasteiger partial charge >= 0.3 is 0 Å². The highest BCUT2D eigenvalue weighted by Gasteiger charge is 2.33. The molecule has 0 atom stereocenters. The molecule has 0 radical (unpaired) electrons. The number of aromatic nitrogens is 4. The van der Waals surface area contributed by atoms with Crippen LogP contribution in [0.2, 0.25) is 0 Å². The Hall–Kier alpha value is -2.48.